The first kappa shape index (κ1) is 13.3. The lowest BCUT2D eigenvalue weighted by atomic mass is 10.2. The second-order valence-electron chi connectivity index (χ2n) is 4.79. The van der Waals surface area contributed by atoms with Crippen molar-refractivity contribution in [3.05, 3.63) is 25.4 Å². The van der Waals surface area contributed by atoms with Gasteiger partial charge in [-0.3, -0.25) is 4.79 Å². The van der Waals surface area contributed by atoms with E-state index in [1.54, 1.807) is 0 Å². The van der Waals surface area contributed by atoms with Crippen molar-refractivity contribution in [2.75, 3.05) is 11.5 Å². The average molecular weight is 394 g/mol. The highest BCUT2D eigenvalue weighted by atomic mass is 127. The molecule has 2 aliphatic rings. The molecule has 1 aromatic heterocycles. The molecule has 2 atom stereocenters. The summed E-state index contributed by atoms with van der Waals surface area (Å²) < 4.78 is 0.792. The van der Waals surface area contributed by atoms with Gasteiger partial charge in [0, 0.05) is 22.7 Å². The highest BCUT2D eigenvalue weighted by Crippen LogP contribution is 2.43. The lowest BCUT2D eigenvalue weighted by Gasteiger charge is -2.27. The van der Waals surface area contributed by atoms with Gasteiger partial charge >= 0.3 is 0 Å². The Balaban J connectivity index is 1.98. The molecule has 18 heavy (non-hydrogen) atoms. The second-order valence-corrected chi connectivity index (χ2v) is 8.61. The van der Waals surface area contributed by atoms with E-state index < -0.39 is 0 Å². The molecular formula is C12H15IN2OS2. The molecule has 0 radical (unpaired) electrons. The van der Waals surface area contributed by atoms with Gasteiger partial charge in [0.2, 0.25) is 0 Å². The van der Waals surface area contributed by atoms with E-state index in [1.165, 1.54) is 18.6 Å². The molecule has 0 aromatic carbocycles. The first-order valence-electron chi connectivity index (χ1n) is 6.19. The van der Waals surface area contributed by atoms with Crippen LogP contribution in [0.5, 0.6) is 0 Å². The number of thioether (sulfide) groups is 2. The molecule has 1 saturated carbocycles. The topological polar surface area (TPSA) is 45.8 Å². The predicted molar refractivity (Wildman–Crippen MR) is 86.7 cm³/mol. The lowest BCUT2D eigenvalue weighted by Crippen LogP contribution is -2.24. The molecule has 98 valence electrons. The molecule has 0 bridgehead atoms. The van der Waals surface area contributed by atoms with Crippen LogP contribution in [0.2, 0.25) is 0 Å². The van der Waals surface area contributed by atoms with E-state index in [0.29, 0.717) is 16.4 Å². The molecule has 2 heterocycles. The molecule has 0 amide bonds. The number of halogens is 1. The van der Waals surface area contributed by atoms with Crippen molar-refractivity contribution >= 4 is 46.1 Å². The molecule has 0 spiro atoms. The number of hydrogen-bond donors (Lipinski definition) is 1. The average Bonchev–Trinajstić information content (AvgIpc) is 3.17. The SMILES string of the molecule is CC1SCCSC1c1nc(C2CC2)c(I)c(=O)[nH]1. The van der Waals surface area contributed by atoms with E-state index in [2.05, 4.69) is 34.5 Å². The third-order valence-electron chi connectivity index (χ3n) is 3.33. The zero-order valence-electron chi connectivity index (χ0n) is 10.1. The summed E-state index contributed by atoms with van der Waals surface area (Å²) in [7, 11) is 0. The Bertz CT molecular complexity index is 515. The van der Waals surface area contributed by atoms with Crippen molar-refractivity contribution < 1.29 is 0 Å². The fourth-order valence-corrected chi connectivity index (χ4v) is 5.60. The largest absolute Gasteiger partial charge is 0.309 e. The van der Waals surface area contributed by atoms with Crippen molar-refractivity contribution in [2.45, 2.75) is 36.2 Å². The molecule has 2 fully saturated rings. The number of H-pyrrole nitrogens is 1. The van der Waals surface area contributed by atoms with Gasteiger partial charge in [-0.05, 0) is 35.4 Å². The molecule has 6 heteroatoms. The van der Waals surface area contributed by atoms with Gasteiger partial charge in [0.05, 0.1) is 14.5 Å². The zero-order chi connectivity index (χ0) is 12.7. The fraction of sp³-hybridized carbons (Fsp3) is 0.667. The summed E-state index contributed by atoms with van der Waals surface area (Å²) in [5.41, 5.74) is 1.09. The van der Waals surface area contributed by atoms with Crippen LogP contribution >= 0.6 is 46.1 Å². The van der Waals surface area contributed by atoms with E-state index in [-0.39, 0.29) is 5.56 Å². The molecule has 1 aromatic rings. The summed E-state index contributed by atoms with van der Waals surface area (Å²) in [5.74, 6) is 3.78. The van der Waals surface area contributed by atoms with E-state index in [4.69, 9.17) is 4.98 Å². The van der Waals surface area contributed by atoms with Crippen LogP contribution < -0.4 is 5.56 Å². The lowest BCUT2D eigenvalue weighted by molar-refractivity contribution is 0.786. The minimum atomic E-state index is 0.0471. The number of aromatic amines is 1. The highest BCUT2D eigenvalue weighted by molar-refractivity contribution is 14.1. The first-order chi connectivity index (χ1) is 8.66. The minimum Gasteiger partial charge on any atom is -0.309 e. The number of hydrogen-bond acceptors (Lipinski definition) is 4. The normalized spacial score (nSPS) is 28.3. The van der Waals surface area contributed by atoms with E-state index >= 15 is 0 Å². The van der Waals surface area contributed by atoms with E-state index in [9.17, 15) is 4.79 Å². The van der Waals surface area contributed by atoms with Crippen molar-refractivity contribution in [1.82, 2.24) is 9.97 Å². The second kappa shape index (κ2) is 5.36. The summed E-state index contributed by atoms with van der Waals surface area (Å²) in [4.78, 5) is 19.8. The van der Waals surface area contributed by atoms with Crippen LogP contribution in [0, 0.1) is 3.57 Å². The van der Waals surface area contributed by atoms with Crippen molar-refractivity contribution in [3.8, 4) is 0 Å². The first-order valence-corrected chi connectivity index (χ1v) is 9.37. The molecule has 1 saturated heterocycles. The van der Waals surface area contributed by atoms with E-state index in [0.717, 1.165) is 20.8 Å². The highest BCUT2D eigenvalue weighted by Gasteiger charge is 2.32. The van der Waals surface area contributed by atoms with Crippen LogP contribution in [0.15, 0.2) is 4.79 Å². The van der Waals surface area contributed by atoms with Gasteiger partial charge < -0.3 is 4.98 Å². The Kier molecular flexibility index (Phi) is 3.96. The van der Waals surface area contributed by atoms with Gasteiger partial charge in [0.15, 0.2) is 0 Å². The standard InChI is InChI=1S/C12H15IN2OS2/c1-6-10(18-5-4-17-6)11-14-9(7-2-3-7)8(13)12(16)15-11/h6-7,10H,2-5H2,1H3,(H,14,15,16). The van der Waals surface area contributed by atoms with Crippen molar-refractivity contribution in [3.63, 3.8) is 0 Å². The van der Waals surface area contributed by atoms with E-state index in [1.807, 2.05) is 23.5 Å². The van der Waals surface area contributed by atoms with Gasteiger partial charge in [-0.25, -0.2) is 4.98 Å². The molecule has 1 N–H and O–H groups in total. The quantitative estimate of drug-likeness (QED) is 0.783. The Labute approximate surface area is 128 Å². The maximum absolute atomic E-state index is 12.0. The molecule has 1 aliphatic carbocycles. The monoisotopic (exact) mass is 394 g/mol. The maximum atomic E-state index is 12.0. The van der Waals surface area contributed by atoms with Crippen LogP contribution in [0.3, 0.4) is 0 Å². The minimum absolute atomic E-state index is 0.0471. The summed E-state index contributed by atoms with van der Waals surface area (Å²) in [6.45, 7) is 2.23. The van der Waals surface area contributed by atoms with Crippen LogP contribution in [-0.2, 0) is 0 Å². The van der Waals surface area contributed by atoms with Crippen LogP contribution in [0.4, 0.5) is 0 Å². The smallest absolute Gasteiger partial charge is 0.264 e. The van der Waals surface area contributed by atoms with Gasteiger partial charge in [-0.2, -0.15) is 11.8 Å². The van der Waals surface area contributed by atoms with Crippen LogP contribution in [0.1, 0.15) is 42.5 Å². The summed E-state index contributed by atoms with van der Waals surface area (Å²) in [5, 5.41) is 0.866. The number of nitrogens with one attached hydrogen (secondary N) is 1. The maximum Gasteiger partial charge on any atom is 0.264 e. The van der Waals surface area contributed by atoms with Crippen molar-refractivity contribution in [2.24, 2.45) is 0 Å². The summed E-state index contributed by atoms with van der Waals surface area (Å²) in [6.07, 6.45) is 2.38. The third kappa shape index (κ3) is 2.60. The number of aromatic nitrogens is 2. The summed E-state index contributed by atoms with van der Waals surface area (Å²) >= 11 is 6.03. The Morgan fingerprint density at radius 1 is 1.33 bits per heavy atom. The predicted octanol–water partition coefficient (Wildman–Crippen LogP) is 3.16. The molecular weight excluding hydrogens is 379 g/mol. The number of nitrogens with zero attached hydrogens (tertiary/aromatic N) is 1. The molecule has 1 aliphatic heterocycles. The van der Waals surface area contributed by atoms with Gasteiger partial charge in [0.25, 0.3) is 5.56 Å². The van der Waals surface area contributed by atoms with Crippen LogP contribution in [0.25, 0.3) is 0 Å². The Hall–Kier alpha value is 0.310. The summed E-state index contributed by atoms with van der Waals surface area (Å²) in [6, 6.07) is 0. The van der Waals surface area contributed by atoms with Crippen LogP contribution in [-0.4, -0.2) is 26.7 Å². The zero-order valence-corrected chi connectivity index (χ0v) is 13.9. The fourth-order valence-electron chi connectivity index (χ4n) is 2.19. The molecule has 3 nitrogen and oxygen atoms in total. The molecule has 3 rings (SSSR count). The Morgan fingerprint density at radius 2 is 2.06 bits per heavy atom. The third-order valence-corrected chi connectivity index (χ3v) is 7.47. The van der Waals surface area contributed by atoms with Crippen molar-refractivity contribution in [1.29, 1.82) is 0 Å². The Morgan fingerprint density at radius 3 is 2.72 bits per heavy atom. The van der Waals surface area contributed by atoms with Gasteiger partial charge in [-0.1, -0.05) is 6.92 Å². The number of rotatable bonds is 2. The molecule has 2 unspecified atom stereocenters. The van der Waals surface area contributed by atoms with Gasteiger partial charge in [-0.15, -0.1) is 11.8 Å². The van der Waals surface area contributed by atoms with Gasteiger partial charge in [0.1, 0.15) is 5.82 Å².